The average Bonchev–Trinajstić information content (AvgIpc) is 2.84. The van der Waals surface area contributed by atoms with Crippen molar-refractivity contribution in [3.05, 3.63) is 39.3 Å². The highest BCUT2D eigenvalue weighted by Crippen LogP contribution is 2.38. The van der Waals surface area contributed by atoms with Crippen LogP contribution in [0.1, 0.15) is 36.4 Å². The third kappa shape index (κ3) is 2.62. The van der Waals surface area contributed by atoms with Gasteiger partial charge in [-0.05, 0) is 31.9 Å². The molecule has 1 N–H and O–H groups in total. The standard InChI is InChI=1S/C15H17BrN2S/c1-2-17-12-8-5-9-13-14(12)18-15(19-13)10-6-3-4-7-11(10)16/h3-4,6-7,12,17H,2,5,8-9H2,1H3. The smallest absolute Gasteiger partial charge is 0.125 e. The van der Waals surface area contributed by atoms with Crippen LogP contribution in [-0.4, -0.2) is 11.5 Å². The van der Waals surface area contributed by atoms with Gasteiger partial charge in [-0.15, -0.1) is 11.3 Å². The van der Waals surface area contributed by atoms with Crippen molar-refractivity contribution in [2.45, 2.75) is 32.2 Å². The Balaban J connectivity index is 2.00. The van der Waals surface area contributed by atoms with Gasteiger partial charge >= 0.3 is 0 Å². The van der Waals surface area contributed by atoms with Crippen molar-refractivity contribution >= 4 is 27.3 Å². The van der Waals surface area contributed by atoms with Crippen LogP contribution in [0.5, 0.6) is 0 Å². The number of rotatable bonds is 3. The summed E-state index contributed by atoms with van der Waals surface area (Å²) in [5.74, 6) is 0. The quantitative estimate of drug-likeness (QED) is 0.888. The van der Waals surface area contributed by atoms with Gasteiger partial charge in [-0.2, -0.15) is 0 Å². The lowest BCUT2D eigenvalue weighted by atomic mass is 9.98. The molecule has 19 heavy (non-hydrogen) atoms. The molecule has 0 saturated carbocycles. The molecule has 0 spiro atoms. The molecule has 100 valence electrons. The third-order valence-electron chi connectivity index (χ3n) is 3.51. The lowest BCUT2D eigenvalue weighted by Gasteiger charge is -2.21. The largest absolute Gasteiger partial charge is 0.309 e. The minimum atomic E-state index is 0.446. The van der Waals surface area contributed by atoms with Gasteiger partial charge in [0.05, 0.1) is 11.7 Å². The van der Waals surface area contributed by atoms with Gasteiger partial charge in [0.15, 0.2) is 0 Å². The van der Waals surface area contributed by atoms with Crippen molar-refractivity contribution in [3.63, 3.8) is 0 Å². The third-order valence-corrected chi connectivity index (χ3v) is 5.36. The molecule has 2 nitrogen and oxygen atoms in total. The minimum Gasteiger partial charge on any atom is -0.309 e. The molecular formula is C15H17BrN2S. The SMILES string of the molecule is CCNC1CCCc2sc(-c3ccccc3Br)nc21. The fourth-order valence-corrected chi connectivity index (χ4v) is 4.42. The van der Waals surface area contributed by atoms with Crippen LogP contribution in [-0.2, 0) is 6.42 Å². The second kappa shape index (κ2) is 5.73. The van der Waals surface area contributed by atoms with E-state index in [1.54, 1.807) is 0 Å². The predicted molar refractivity (Wildman–Crippen MR) is 84.6 cm³/mol. The molecule has 0 bridgehead atoms. The normalized spacial score (nSPS) is 18.3. The van der Waals surface area contributed by atoms with E-state index < -0.39 is 0 Å². The summed E-state index contributed by atoms with van der Waals surface area (Å²) >= 11 is 5.47. The summed E-state index contributed by atoms with van der Waals surface area (Å²) in [5.41, 5.74) is 2.49. The van der Waals surface area contributed by atoms with E-state index in [-0.39, 0.29) is 0 Å². The number of nitrogens with one attached hydrogen (secondary N) is 1. The second-order valence-corrected chi connectivity index (χ2v) is 6.75. The van der Waals surface area contributed by atoms with Crippen LogP contribution in [0.15, 0.2) is 28.7 Å². The highest BCUT2D eigenvalue weighted by molar-refractivity contribution is 9.10. The maximum Gasteiger partial charge on any atom is 0.125 e. The Kier molecular flexibility index (Phi) is 4.01. The molecule has 0 radical (unpaired) electrons. The van der Waals surface area contributed by atoms with E-state index in [1.807, 2.05) is 17.4 Å². The number of benzene rings is 1. The number of hydrogen-bond donors (Lipinski definition) is 1. The van der Waals surface area contributed by atoms with Gasteiger partial charge in [-0.3, -0.25) is 0 Å². The molecule has 1 unspecified atom stereocenters. The van der Waals surface area contributed by atoms with Gasteiger partial charge < -0.3 is 5.32 Å². The average molecular weight is 337 g/mol. The van der Waals surface area contributed by atoms with E-state index in [1.165, 1.54) is 35.4 Å². The summed E-state index contributed by atoms with van der Waals surface area (Å²) in [4.78, 5) is 6.37. The zero-order valence-electron chi connectivity index (χ0n) is 10.9. The van der Waals surface area contributed by atoms with Crippen LogP contribution >= 0.6 is 27.3 Å². The molecule has 2 aromatic rings. The van der Waals surface area contributed by atoms with E-state index in [4.69, 9.17) is 4.98 Å². The molecular weight excluding hydrogens is 320 g/mol. The first-order valence-electron chi connectivity index (χ1n) is 6.77. The molecule has 1 aromatic carbocycles. The summed E-state index contributed by atoms with van der Waals surface area (Å²) in [6, 6.07) is 8.78. The minimum absolute atomic E-state index is 0.446. The Morgan fingerprint density at radius 3 is 3.05 bits per heavy atom. The van der Waals surface area contributed by atoms with Crippen LogP contribution in [0, 0.1) is 0 Å². The highest BCUT2D eigenvalue weighted by Gasteiger charge is 2.24. The molecule has 4 heteroatoms. The number of aryl methyl sites for hydroxylation is 1. The fraction of sp³-hybridized carbons (Fsp3) is 0.400. The number of nitrogens with zero attached hydrogens (tertiary/aromatic N) is 1. The summed E-state index contributed by atoms with van der Waals surface area (Å²) in [5, 5.41) is 4.69. The van der Waals surface area contributed by atoms with Crippen molar-refractivity contribution in [1.29, 1.82) is 0 Å². The van der Waals surface area contributed by atoms with Crippen LogP contribution in [0.3, 0.4) is 0 Å². The van der Waals surface area contributed by atoms with Crippen LogP contribution in [0.2, 0.25) is 0 Å². The maximum atomic E-state index is 4.91. The van der Waals surface area contributed by atoms with E-state index in [0.717, 1.165) is 16.0 Å². The monoisotopic (exact) mass is 336 g/mol. The first kappa shape index (κ1) is 13.3. The molecule has 1 aromatic heterocycles. The van der Waals surface area contributed by atoms with Gasteiger partial charge in [0, 0.05) is 14.9 Å². The molecule has 0 fully saturated rings. The first-order valence-corrected chi connectivity index (χ1v) is 8.38. The van der Waals surface area contributed by atoms with Crippen molar-refractivity contribution in [2.24, 2.45) is 0 Å². The Labute approximate surface area is 126 Å². The van der Waals surface area contributed by atoms with Crippen molar-refractivity contribution in [3.8, 4) is 10.6 Å². The number of thiazole rings is 1. The van der Waals surface area contributed by atoms with Gasteiger partial charge in [-0.1, -0.05) is 41.1 Å². The zero-order valence-corrected chi connectivity index (χ0v) is 13.4. The van der Waals surface area contributed by atoms with E-state index >= 15 is 0 Å². The lowest BCUT2D eigenvalue weighted by molar-refractivity contribution is 0.465. The molecule has 0 aliphatic heterocycles. The van der Waals surface area contributed by atoms with Gasteiger partial charge in [0.1, 0.15) is 5.01 Å². The van der Waals surface area contributed by atoms with Crippen molar-refractivity contribution in [1.82, 2.24) is 10.3 Å². The Morgan fingerprint density at radius 2 is 2.26 bits per heavy atom. The molecule has 1 atom stereocenters. The summed E-state index contributed by atoms with van der Waals surface area (Å²) in [6.07, 6.45) is 3.65. The molecule has 3 rings (SSSR count). The topological polar surface area (TPSA) is 24.9 Å². The lowest BCUT2D eigenvalue weighted by Crippen LogP contribution is -2.24. The van der Waals surface area contributed by atoms with Crippen LogP contribution in [0.25, 0.3) is 10.6 Å². The Bertz CT molecular complexity index is 579. The van der Waals surface area contributed by atoms with Crippen molar-refractivity contribution < 1.29 is 0 Å². The number of fused-ring (bicyclic) bond motifs is 1. The van der Waals surface area contributed by atoms with Gasteiger partial charge in [0.2, 0.25) is 0 Å². The Morgan fingerprint density at radius 1 is 1.42 bits per heavy atom. The first-order chi connectivity index (χ1) is 9.29. The fourth-order valence-electron chi connectivity index (χ4n) is 2.61. The molecule has 0 amide bonds. The molecule has 0 saturated heterocycles. The molecule has 1 heterocycles. The van der Waals surface area contributed by atoms with Crippen LogP contribution in [0.4, 0.5) is 0 Å². The van der Waals surface area contributed by atoms with Crippen LogP contribution < -0.4 is 5.32 Å². The molecule has 1 aliphatic rings. The number of aromatic nitrogens is 1. The van der Waals surface area contributed by atoms with Gasteiger partial charge in [-0.25, -0.2) is 4.98 Å². The maximum absolute atomic E-state index is 4.91. The second-order valence-electron chi connectivity index (χ2n) is 4.81. The Hall–Kier alpha value is -0.710. The number of halogens is 1. The van der Waals surface area contributed by atoms with E-state index in [0.29, 0.717) is 6.04 Å². The van der Waals surface area contributed by atoms with E-state index in [9.17, 15) is 0 Å². The number of hydrogen-bond acceptors (Lipinski definition) is 3. The summed E-state index contributed by atoms with van der Waals surface area (Å²) < 4.78 is 1.13. The van der Waals surface area contributed by atoms with Gasteiger partial charge in [0.25, 0.3) is 0 Å². The predicted octanol–water partition coefficient (Wildman–Crippen LogP) is 4.56. The zero-order chi connectivity index (χ0) is 13.2. The summed E-state index contributed by atoms with van der Waals surface area (Å²) in [6.45, 7) is 3.17. The molecule has 1 aliphatic carbocycles. The highest BCUT2D eigenvalue weighted by atomic mass is 79.9. The van der Waals surface area contributed by atoms with E-state index in [2.05, 4.69) is 46.4 Å². The van der Waals surface area contributed by atoms with Crippen molar-refractivity contribution in [2.75, 3.05) is 6.54 Å². The summed E-state index contributed by atoms with van der Waals surface area (Å²) in [7, 11) is 0.